The lowest BCUT2D eigenvalue weighted by atomic mass is 10.0. The Labute approximate surface area is 135 Å². The molecule has 0 radical (unpaired) electrons. The van der Waals surface area contributed by atoms with E-state index in [0.717, 1.165) is 0 Å². The van der Waals surface area contributed by atoms with Crippen LogP contribution in [0, 0.1) is 0 Å². The highest BCUT2D eigenvalue weighted by atomic mass is 16.5. The normalized spacial score (nSPS) is 13.0. The molecule has 0 saturated heterocycles. The van der Waals surface area contributed by atoms with Crippen LogP contribution in [0.4, 0.5) is 0 Å². The van der Waals surface area contributed by atoms with Gasteiger partial charge in [0.25, 0.3) is 0 Å². The fourth-order valence-electron chi connectivity index (χ4n) is 2.13. The summed E-state index contributed by atoms with van der Waals surface area (Å²) in [5.41, 5.74) is 0.563. The van der Waals surface area contributed by atoms with Crippen molar-refractivity contribution in [1.82, 2.24) is 5.32 Å². The van der Waals surface area contributed by atoms with E-state index in [4.69, 9.17) is 19.3 Å². The van der Waals surface area contributed by atoms with Crippen molar-refractivity contribution >= 4 is 11.9 Å². The van der Waals surface area contributed by atoms with Gasteiger partial charge >= 0.3 is 5.97 Å². The molecule has 0 aliphatic carbocycles. The first-order valence-electron chi connectivity index (χ1n) is 7.28. The number of amides is 1. The molecular weight excluding hydrogens is 302 g/mol. The molecule has 0 aliphatic heterocycles. The minimum atomic E-state index is -1.03. The number of carbonyl (C=O) groups is 2. The van der Waals surface area contributed by atoms with Crippen LogP contribution >= 0.6 is 0 Å². The molecule has 1 rings (SSSR count). The standard InChI is InChI=1S/C16H23NO6/c1-5-23-10(2)16(20)17-13(9-15(18)19)12-7-6-11(21-3)8-14(12)22-4/h6-8,10,13H,5,9H2,1-4H3,(H,17,20)(H,18,19). The Balaban J connectivity index is 3.06. The molecule has 7 nitrogen and oxygen atoms in total. The minimum Gasteiger partial charge on any atom is -0.497 e. The lowest BCUT2D eigenvalue weighted by Crippen LogP contribution is -2.38. The first-order chi connectivity index (χ1) is 10.9. The van der Waals surface area contributed by atoms with Crippen molar-refractivity contribution in [2.75, 3.05) is 20.8 Å². The topological polar surface area (TPSA) is 94.1 Å². The second-order valence-corrected chi connectivity index (χ2v) is 4.86. The zero-order valence-corrected chi connectivity index (χ0v) is 13.8. The summed E-state index contributed by atoms with van der Waals surface area (Å²) in [4.78, 5) is 23.3. The van der Waals surface area contributed by atoms with Crippen LogP contribution in [0.5, 0.6) is 11.5 Å². The van der Waals surface area contributed by atoms with Crippen molar-refractivity contribution in [3.8, 4) is 11.5 Å². The molecular formula is C16H23NO6. The molecule has 0 aliphatic rings. The largest absolute Gasteiger partial charge is 0.497 e. The van der Waals surface area contributed by atoms with Crippen LogP contribution in [0.3, 0.4) is 0 Å². The Kier molecular flexibility index (Phi) is 7.34. The zero-order valence-electron chi connectivity index (χ0n) is 13.8. The smallest absolute Gasteiger partial charge is 0.305 e. The van der Waals surface area contributed by atoms with E-state index in [1.165, 1.54) is 14.2 Å². The number of nitrogens with one attached hydrogen (secondary N) is 1. The number of benzene rings is 1. The lowest BCUT2D eigenvalue weighted by molar-refractivity contribution is -0.138. The molecule has 0 bridgehead atoms. The molecule has 0 saturated carbocycles. The van der Waals surface area contributed by atoms with E-state index >= 15 is 0 Å². The van der Waals surface area contributed by atoms with Crippen molar-refractivity contribution < 1.29 is 28.9 Å². The summed E-state index contributed by atoms with van der Waals surface area (Å²) in [6, 6.07) is 4.27. The summed E-state index contributed by atoms with van der Waals surface area (Å²) >= 11 is 0. The summed E-state index contributed by atoms with van der Waals surface area (Å²) in [5, 5.41) is 11.8. The maximum absolute atomic E-state index is 12.1. The molecule has 128 valence electrons. The van der Waals surface area contributed by atoms with Crippen molar-refractivity contribution in [1.29, 1.82) is 0 Å². The van der Waals surface area contributed by atoms with E-state index in [1.807, 2.05) is 0 Å². The number of carboxylic acids is 1. The van der Waals surface area contributed by atoms with Crippen LogP contribution in [0.1, 0.15) is 31.9 Å². The first kappa shape index (κ1) is 18.8. The molecule has 1 aromatic carbocycles. The third kappa shape index (κ3) is 5.45. The Morgan fingerprint density at radius 2 is 1.96 bits per heavy atom. The maximum Gasteiger partial charge on any atom is 0.305 e. The number of carbonyl (C=O) groups excluding carboxylic acids is 1. The highest BCUT2D eigenvalue weighted by Crippen LogP contribution is 2.31. The van der Waals surface area contributed by atoms with Gasteiger partial charge in [-0.1, -0.05) is 0 Å². The van der Waals surface area contributed by atoms with Gasteiger partial charge in [-0.15, -0.1) is 0 Å². The lowest BCUT2D eigenvalue weighted by Gasteiger charge is -2.22. The minimum absolute atomic E-state index is 0.271. The molecule has 2 N–H and O–H groups in total. The molecule has 7 heteroatoms. The molecule has 0 spiro atoms. The second kappa shape index (κ2) is 8.99. The second-order valence-electron chi connectivity index (χ2n) is 4.86. The van der Waals surface area contributed by atoms with Gasteiger partial charge in [0.2, 0.25) is 5.91 Å². The fourth-order valence-corrected chi connectivity index (χ4v) is 2.13. The molecule has 0 fully saturated rings. The van der Waals surface area contributed by atoms with Gasteiger partial charge < -0.3 is 24.6 Å². The number of ether oxygens (including phenoxy) is 3. The predicted octanol–water partition coefficient (Wildman–Crippen LogP) is 1.76. The number of rotatable bonds is 9. The summed E-state index contributed by atoms with van der Waals surface area (Å²) in [6.07, 6.45) is -0.937. The average Bonchev–Trinajstić information content (AvgIpc) is 2.53. The van der Waals surface area contributed by atoms with Crippen molar-refractivity contribution in [3.05, 3.63) is 23.8 Å². The van der Waals surface area contributed by atoms with Crippen LogP contribution in [-0.4, -0.2) is 43.9 Å². The Morgan fingerprint density at radius 3 is 2.48 bits per heavy atom. The Hall–Kier alpha value is -2.28. The van der Waals surface area contributed by atoms with Crippen LogP contribution in [0.25, 0.3) is 0 Å². The molecule has 1 amide bonds. The van der Waals surface area contributed by atoms with E-state index in [2.05, 4.69) is 5.32 Å². The van der Waals surface area contributed by atoms with Crippen LogP contribution in [0.15, 0.2) is 18.2 Å². The summed E-state index contributed by atoms with van der Waals surface area (Å²) in [7, 11) is 3.00. The van der Waals surface area contributed by atoms with Gasteiger partial charge in [0.15, 0.2) is 0 Å². The number of methoxy groups -OCH3 is 2. The van der Waals surface area contributed by atoms with Crippen molar-refractivity contribution in [2.24, 2.45) is 0 Å². The molecule has 23 heavy (non-hydrogen) atoms. The molecule has 0 heterocycles. The molecule has 0 aromatic heterocycles. The first-order valence-corrected chi connectivity index (χ1v) is 7.28. The fraction of sp³-hybridized carbons (Fsp3) is 0.500. The van der Waals surface area contributed by atoms with Gasteiger partial charge in [-0.05, 0) is 26.0 Å². The Bertz CT molecular complexity index is 545. The number of hydrogen-bond acceptors (Lipinski definition) is 5. The van der Waals surface area contributed by atoms with Crippen molar-refractivity contribution in [2.45, 2.75) is 32.4 Å². The van der Waals surface area contributed by atoms with Gasteiger partial charge in [-0.3, -0.25) is 9.59 Å². The van der Waals surface area contributed by atoms with Gasteiger partial charge in [-0.2, -0.15) is 0 Å². The molecule has 1 aromatic rings. The molecule has 2 unspecified atom stereocenters. The van der Waals surface area contributed by atoms with Gasteiger partial charge in [0, 0.05) is 18.2 Å². The number of hydrogen-bond donors (Lipinski definition) is 2. The predicted molar refractivity (Wildman–Crippen MR) is 83.8 cm³/mol. The average molecular weight is 325 g/mol. The zero-order chi connectivity index (χ0) is 17.4. The SMILES string of the molecule is CCOC(C)C(=O)NC(CC(=O)O)c1ccc(OC)cc1OC. The quantitative estimate of drug-likeness (QED) is 0.718. The third-order valence-electron chi connectivity index (χ3n) is 3.30. The van der Waals surface area contributed by atoms with E-state index in [1.54, 1.807) is 32.0 Å². The highest BCUT2D eigenvalue weighted by Gasteiger charge is 2.24. The van der Waals surface area contributed by atoms with Crippen LogP contribution in [-0.2, 0) is 14.3 Å². The monoisotopic (exact) mass is 325 g/mol. The van der Waals surface area contributed by atoms with Crippen molar-refractivity contribution in [3.63, 3.8) is 0 Å². The maximum atomic E-state index is 12.1. The van der Waals surface area contributed by atoms with Gasteiger partial charge in [0.1, 0.15) is 17.6 Å². The van der Waals surface area contributed by atoms with Gasteiger partial charge in [0.05, 0.1) is 26.7 Å². The third-order valence-corrected chi connectivity index (χ3v) is 3.30. The van der Waals surface area contributed by atoms with Crippen LogP contribution in [0.2, 0.25) is 0 Å². The summed E-state index contributed by atoms with van der Waals surface area (Å²) in [6.45, 7) is 3.79. The van der Waals surface area contributed by atoms with E-state index in [0.29, 0.717) is 23.7 Å². The van der Waals surface area contributed by atoms with E-state index in [9.17, 15) is 9.59 Å². The molecule has 2 atom stereocenters. The van der Waals surface area contributed by atoms with E-state index < -0.39 is 18.1 Å². The highest BCUT2D eigenvalue weighted by molar-refractivity contribution is 5.81. The Morgan fingerprint density at radius 1 is 1.26 bits per heavy atom. The van der Waals surface area contributed by atoms with E-state index in [-0.39, 0.29) is 12.3 Å². The number of carboxylic acid groups (broad SMARTS) is 1. The summed E-state index contributed by atoms with van der Waals surface area (Å²) in [5.74, 6) is -0.387. The number of aliphatic carboxylic acids is 1. The van der Waals surface area contributed by atoms with Crippen LogP contribution < -0.4 is 14.8 Å². The summed E-state index contributed by atoms with van der Waals surface area (Å²) < 4.78 is 15.6. The van der Waals surface area contributed by atoms with Gasteiger partial charge in [-0.25, -0.2) is 0 Å².